The van der Waals surface area contributed by atoms with Crippen LogP contribution in [-0.4, -0.2) is 17.7 Å². The van der Waals surface area contributed by atoms with Gasteiger partial charge in [0.05, 0.1) is 19.3 Å². The lowest BCUT2D eigenvalue weighted by atomic mass is 10.1. The van der Waals surface area contributed by atoms with Crippen LogP contribution in [0.2, 0.25) is 0 Å². The largest absolute Gasteiger partial charge is 0.501 e. The topological polar surface area (TPSA) is 46.5 Å². The monoisotopic (exact) mass is 128 g/mol. The van der Waals surface area contributed by atoms with E-state index in [4.69, 9.17) is 9.84 Å². The van der Waals surface area contributed by atoms with Crippen LogP contribution >= 0.6 is 0 Å². The summed E-state index contributed by atoms with van der Waals surface area (Å²) < 4.78 is 4.81. The van der Waals surface area contributed by atoms with Gasteiger partial charge in [0.25, 0.3) is 0 Å². The molecule has 0 saturated carbocycles. The molecule has 1 aliphatic rings. The van der Waals surface area contributed by atoms with Crippen LogP contribution in [-0.2, 0) is 9.53 Å². The first kappa shape index (κ1) is 6.13. The molecule has 3 nitrogen and oxygen atoms in total. The van der Waals surface area contributed by atoms with Gasteiger partial charge in [-0.1, -0.05) is 0 Å². The molecule has 0 saturated heterocycles. The molecule has 0 amide bonds. The third-order valence-corrected chi connectivity index (χ3v) is 1.19. The molecule has 0 aliphatic carbocycles. The average molecular weight is 128 g/mol. The number of hydrogen-bond donors (Lipinski definition) is 1. The third kappa shape index (κ3) is 1.76. The second kappa shape index (κ2) is 2.53. The van der Waals surface area contributed by atoms with E-state index in [-0.39, 0.29) is 12.3 Å². The summed E-state index contributed by atoms with van der Waals surface area (Å²) in [5, 5.41) is 8.28. The maximum Gasteiger partial charge on any atom is 0.304 e. The van der Waals surface area contributed by atoms with Gasteiger partial charge in [0, 0.05) is 5.92 Å². The summed E-state index contributed by atoms with van der Waals surface area (Å²) in [6.45, 7) is 0.520. The quantitative estimate of drug-likeness (QED) is 0.593. The minimum atomic E-state index is -0.768. The van der Waals surface area contributed by atoms with Crippen molar-refractivity contribution >= 4 is 5.97 Å². The molecule has 9 heavy (non-hydrogen) atoms. The van der Waals surface area contributed by atoms with Gasteiger partial charge in [-0.05, 0) is 6.08 Å². The first-order chi connectivity index (χ1) is 4.29. The van der Waals surface area contributed by atoms with E-state index in [1.54, 1.807) is 12.3 Å². The summed E-state index contributed by atoms with van der Waals surface area (Å²) in [5.74, 6) is -0.683. The number of ether oxygens (including phenoxy) is 1. The van der Waals surface area contributed by atoms with E-state index < -0.39 is 5.97 Å². The molecule has 0 radical (unpaired) electrons. The highest BCUT2D eigenvalue weighted by Gasteiger charge is 2.13. The Hall–Kier alpha value is -0.990. The number of aliphatic carboxylic acids is 1. The lowest BCUT2D eigenvalue weighted by molar-refractivity contribution is -0.137. The number of rotatable bonds is 2. The van der Waals surface area contributed by atoms with Crippen molar-refractivity contribution in [3.8, 4) is 0 Å². The highest BCUT2D eigenvalue weighted by molar-refractivity contribution is 5.67. The van der Waals surface area contributed by atoms with Gasteiger partial charge in [-0.25, -0.2) is 0 Å². The zero-order valence-corrected chi connectivity index (χ0v) is 4.91. The molecular weight excluding hydrogens is 120 g/mol. The fraction of sp³-hybridized carbons (Fsp3) is 0.500. The van der Waals surface area contributed by atoms with Gasteiger partial charge in [0.15, 0.2) is 0 Å². The summed E-state index contributed by atoms with van der Waals surface area (Å²) in [6, 6.07) is 0. The van der Waals surface area contributed by atoms with Gasteiger partial charge in [-0.2, -0.15) is 0 Å². The minimum absolute atomic E-state index is 0.0856. The van der Waals surface area contributed by atoms with Crippen LogP contribution in [0, 0.1) is 5.92 Å². The molecule has 1 aliphatic heterocycles. The first-order valence-electron chi connectivity index (χ1n) is 2.79. The lowest BCUT2D eigenvalue weighted by Gasteiger charge is -1.99. The minimum Gasteiger partial charge on any atom is -0.501 e. The molecular formula is C6H8O3. The van der Waals surface area contributed by atoms with E-state index in [9.17, 15) is 4.79 Å². The summed E-state index contributed by atoms with van der Waals surface area (Å²) in [6.07, 6.45) is 3.50. The van der Waals surface area contributed by atoms with Crippen molar-refractivity contribution in [3.63, 3.8) is 0 Å². The molecule has 50 valence electrons. The van der Waals surface area contributed by atoms with E-state index in [1.165, 1.54) is 0 Å². The second-order valence-corrected chi connectivity index (χ2v) is 2.02. The maximum absolute atomic E-state index is 10.1. The zero-order valence-electron chi connectivity index (χ0n) is 4.91. The van der Waals surface area contributed by atoms with Crippen LogP contribution in [0.4, 0.5) is 0 Å². The van der Waals surface area contributed by atoms with Gasteiger partial charge < -0.3 is 9.84 Å². The van der Waals surface area contributed by atoms with Crippen LogP contribution in [0.5, 0.6) is 0 Å². The van der Waals surface area contributed by atoms with Crippen molar-refractivity contribution in [1.82, 2.24) is 0 Å². The van der Waals surface area contributed by atoms with Crippen LogP contribution < -0.4 is 0 Å². The highest BCUT2D eigenvalue weighted by Crippen LogP contribution is 2.11. The Balaban J connectivity index is 2.28. The molecule has 0 aromatic heterocycles. The van der Waals surface area contributed by atoms with Crippen molar-refractivity contribution in [2.24, 2.45) is 5.92 Å². The average Bonchev–Trinajstić information content (AvgIpc) is 2.15. The number of carbonyl (C=O) groups is 1. The van der Waals surface area contributed by atoms with Crippen molar-refractivity contribution < 1.29 is 14.6 Å². The Kier molecular flexibility index (Phi) is 1.72. The fourth-order valence-corrected chi connectivity index (χ4v) is 0.753. The van der Waals surface area contributed by atoms with Crippen LogP contribution in [0.25, 0.3) is 0 Å². The molecule has 0 fully saturated rings. The standard InChI is InChI=1S/C6H8O3/c7-6(8)3-5-1-2-9-4-5/h1-2,5H,3-4H2,(H,7,8). The van der Waals surface area contributed by atoms with Gasteiger partial charge in [0.1, 0.15) is 0 Å². The van der Waals surface area contributed by atoms with Crippen molar-refractivity contribution in [2.75, 3.05) is 6.61 Å². The lowest BCUT2D eigenvalue weighted by Crippen LogP contribution is -2.06. The Morgan fingerprint density at radius 3 is 3.11 bits per heavy atom. The number of carboxylic acid groups (broad SMARTS) is 1. The molecule has 1 unspecified atom stereocenters. The summed E-state index contributed by atoms with van der Waals surface area (Å²) in [7, 11) is 0. The van der Waals surface area contributed by atoms with Gasteiger partial charge in [-0.15, -0.1) is 0 Å². The normalized spacial score (nSPS) is 23.8. The Morgan fingerprint density at radius 1 is 1.89 bits per heavy atom. The molecule has 0 bridgehead atoms. The molecule has 1 rings (SSSR count). The van der Waals surface area contributed by atoms with Gasteiger partial charge >= 0.3 is 5.97 Å². The second-order valence-electron chi connectivity index (χ2n) is 2.02. The van der Waals surface area contributed by atoms with Crippen molar-refractivity contribution in [1.29, 1.82) is 0 Å². The first-order valence-corrected chi connectivity index (χ1v) is 2.79. The SMILES string of the molecule is O=C(O)CC1C=COC1. The molecule has 0 aromatic carbocycles. The highest BCUT2D eigenvalue weighted by atomic mass is 16.5. The van der Waals surface area contributed by atoms with Crippen molar-refractivity contribution in [2.45, 2.75) is 6.42 Å². The Labute approximate surface area is 52.9 Å². The fourth-order valence-electron chi connectivity index (χ4n) is 0.753. The Morgan fingerprint density at radius 2 is 2.67 bits per heavy atom. The van der Waals surface area contributed by atoms with E-state index in [2.05, 4.69) is 0 Å². The molecule has 1 N–H and O–H groups in total. The van der Waals surface area contributed by atoms with Crippen LogP contribution in [0.15, 0.2) is 12.3 Å². The maximum atomic E-state index is 10.1. The number of carboxylic acids is 1. The van der Waals surface area contributed by atoms with Crippen LogP contribution in [0.1, 0.15) is 6.42 Å². The van der Waals surface area contributed by atoms with E-state index in [1.807, 2.05) is 0 Å². The van der Waals surface area contributed by atoms with E-state index in [0.29, 0.717) is 6.61 Å². The van der Waals surface area contributed by atoms with Gasteiger partial charge in [-0.3, -0.25) is 4.79 Å². The molecule has 0 aromatic rings. The summed E-state index contributed by atoms with van der Waals surface area (Å²) >= 11 is 0. The summed E-state index contributed by atoms with van der Waals surface area (Å²) in [5.41, 5.74) is 0. The summed E-state index contributed by atoms with van der Waals surface area (Å²) in [4.78, 5) is 10.1. The Bertz CT molecular complexity index is 139. The molecule has 3 heteroatoms. The zero-order chi connectivity index (χ0) is 6.69. The predicted octanol–water partition coefficient (Wildman–Crippen LogP) is 0.621. The van der Waals surface area contributed by atoms with Crippen molar-refractivity contribution in [3.05, 3.63) is 12.3 Å². The predicted molar refractivity (Wildman–Crippen MR) is 30.8 cm³/mol. The van der Waals surface area contributed by atoms with Crippen LogP contribution in [0.3, 0.4) is 0 Å². The smallest absolute Gasteiger partial charge is 0.304 e. The number of hydrogen-bond acceptors (Lipinski definition) is 2. The third-order valence-electron chi connectivity index (χ3n) is 1.19. The molecule has 0 spiro atoms. The van der Waals surface area contributed by atoms with E-state index in [0.717, 1.165) is 0 Å². The van der Waals surface area contributed by atoms with Gasteiger partial charge in [0.2, 0.25) is 0 Å². The van der Waals surface area contributed by atoms with E-state index >= 15 is 0 Å². The molecule has 1 heterocycles. The molecule has 1 atom stereocenters.